The average molecular weight is 321 g/mol. The molecule has 1 saturated heterocycles. The summed E-state index contributed by atoms with van der Waals surface area (Å²) in [4.78, 5) is 23.6. The molecule has 1 amide bonds. The Morgan fingerprint density at radius 1 is 1.42 bits per heavy atom. The summed E-state index contributed by atoms with van der Waals surface area (Å²) in [6, 6.07) is 5.73. The van der Waals surface area contributed by atoms with E-state index in [0.717, 1.165) is 16.7 Å². The fourth-order valence-corrected chi connectivity index (χ4v) is 3.53. The van der Waals surface area contributed by atoms with Crippen molar-refractivity contribution in [1.82, 2.24) is 5.32 Å². The Hall–Kier alpha value is -3.00. The number of carbonyl (C=O) groups is 2. The van der Waals surface area contributed by atoms with Gasteiger partial charge in [-0.3, -0.25) is 4.79 Å². The molecular weight excluding hydrogens is 306 g/mol. The quantitative estimate of drug-likeness (QED) is 0.390. The van der Waals surface area contributed by atoms with Gasteiger partial charge in [0.1, 0.15) is 0 Å². The van der Waals surface area contributed by atoms with E-state index in [2.05, 4.69) is 11.2 Å². The van der Waals surface area contributed by atoms with Crippen LogP contribution in [0.3, 0.4) is 0 Å². The topological polar surface area (TPSA) is 64.6 Å². The molecule has 120 valence electrons. The van der Waals surface area contributed by atoms with Crippen LogP contribution in [0.2, 0.25) is 0 Å². The standard InChI is InChI=1S/C19H15NO4/c1-3-11-5-4-6-12-13(11)8-14-15(18(21)20-17(12)14)9-23-16-7-10(2)19(22)24-16/h1,4-7,9,14,16-17H,8H2,2H3,(H,20,21). The van der Waals surface area contributed by atoms with Crippen molar-refractivity contribution in [3.8, 4) is 12.3 Å². The van der Waals surface area contributed by atoms with E-state index in [1.165, 1.54) is 6.26 Å². The predicted octanol–water partition coefficient (Wildman–Crippen LogP) is 1.74. The summed E-state index contributed by atoms with van der Waals surface area (Å²) in [7, 11) is 0. The molecule has 0 saturated carbocycles. The van der Waals surface area contributed by atoms with E-state index in [1.54, 1.807) is 13.0 Å². The van der Waals surface area contributed by atoms with Crippen LogP contribution in [0.5, 0.6) is 0 Å². The van der Waals surface area contributed by atoms with Crippen molar-refractivity contribution in [2.45, 2.75) is 25.7 Å². The number of ether oxygens (including phenoxy) is 2. The van der Waals surface area contributed by atoms with Crippen molar-refractivity contribution in [3.63, 3.8) is 0 Å². The van der Waals surface area contributed by atoms with Gasteiger partial charge in [0.15, 0.2) is 0 Å². The van der Waals surface area contributed by atoms with E-state index in [0.29, 0.717) is 17.6 Å². The number of carbonyl (C=O) groups excluding carboxylic acids is 2. The van der Waals surface area contributed by atoms with Gasteiger partial charge in [0.2, 0.25) is 0 Å². The summed E-state index contributed by atoms with van der Waals surface area (Å²) in [6.45, 7) is 1.66. The molecular formula is C19H15NO4. The van der Waals surface area contributed by atoms with E-state index < -0.39 is 12.3 Å². The molecule has 0 bridgehead atoms. The van der Waals surface area contributed by atoms with Gasteiger partial charge in [0.05, 0.1) is 17.9 Å². The number of terminal acetylenes is 1. The molecule has 0 spiro atoms. The van der Waals surface area contributed by atoms with Crippen molar-refractivity contribution in [2.24, 2.45) is 5.92 Å². The lowest BCUT2D eigenvalue weighted by atomic mass is 9.97. The molecule has 5 heteroatoms. The van der Waals surface area contributed by atoms with Crippen LogP contribution < -0.4 is 5.32 Å². The largest absolute Gasteiger partial charge is 0.458 e. The second kappa shape index (κ2) is 5.27. The van der Waals surface area contributed by atoms with E-state index >= 15 is 0 Å². The zero-order chi connectivity index (χ0) is 16.8. The number of cyclic esters (lactones) is 1. The monoisotopic (exact) mass is 321 g/mol. The first-order valence-corrected chi connectivity index (χ1v) is 7.72. The minimum Gasteiger partial charge on any atom is -0.458 e. The Labute approximate surface area is 139 Å². The summed E-state index contributed by atoms with van der Waals surface area (Å²) in [5, 5.41) is 2.99. The maximum atomic E-state index is 12.3. The number of esters is 1. The number of fused-ring (bicyclic) bond motifs is 3. The highest BCUT2D eigenvalue weighted by Gasteiger charge is 2.44. The maximum Gasteiger partial charge on any atom is 0.336 e. The maximum absolute atomic E-state index is 12.3. The van der Waals surface area contributed by atoms with Gasteiger partial charge in [-0.1, -0.05) is 18.1 Å². The van der Waals surface area contributed by atoms with Crippen LogP contribution in [-0.4, -0.2) is 18.2 Å². The summed E-state index contributed by atoms with van der Waals surface area (Å²) < 4.78 is 10.5. The van der Waals surface area contributed by atoms with Gasteiger partial charge in [0, 0.05) is 23.1 Å². The lowest BCUT2D eigenvalue weighted by Crippen LogP contribution is -2.19. The van der Waals surface area contributed by atoms with Crippen molar-refractivity contribution in [1.29, 1.82) is 0 Å². The van der Waals surface area contributed by atoms with Crippen LogP contribution in [0.25, 0.3) is 0 Å². The Morgan fingerprint density at radius 2 is 2.25 bits per heavy atom. The highest BCUT2D eigenvalue weighted by atomic mass is 16.7. The highest BCUT2D eigenvalue weighted by Crippen LogP contribution is 2.45. The highest BCUT2D eigenvalue weighted by molar-refractivity contribution is 5.97. The number of hydrogen-bond acceptors (Lipinski definition) is 4. The molecule has 2 heterocycles. The molecule has 0 aromatic heterocycles. The molecule has 1 N–H and O–H groups in total. The lowest BCUT2D eigenvalue weighted by molar-refractivity contribution is -0.152. The van der Waals surface area contributed by atoms with Gasteiger partial charge in [-0.15, -0.1) is 6.42 Å². The first kappa shape index (κ1) is 14.6. The molecule has 4 rings (SSSR count). The zero-order valence-corrected chi connectivity index (χ0v) is 13.0. The number of nitrogens with one attached hydrogen (secondary N) is 1. The molecule has 0 radical (unpaired) electrons. The number of amides is 1. The van der Waals surface area contributed by atoms with Crippen LogP contribution in [0.15, 0.2) is 41.7 Å². The van der Waals surface area contributed by atoms with E-state index in [9.17, 15) is 9.59 Å². The van der Waals surface area contributed by atoms with Crippen LogP contribution in [0.4, 0.5) is 0 Å². The van der Waals surface area contributed by atoms with E-state index in [-0.39, 0.29) is 17.9 Å². The summed E-state index contributed by atoms with van der Waals surface area (Å²) >= 11 is 0. The fraction of sp³-hybridized carbons (Fsp3) is 0.263. The SMILES string of the molecule is C#Cc1cccc2c1CC1C(=COC3C=C(C)C(=O)O3)C(=O)NC21. The second-order valence-electron chi connectivity index (χ2n) is 6.11. The third-order valence-corrected chi connectivity index (χ3v) is 4.74. The van der Waals surface area contributed by atoms with Gasteiger partial charge in [-0.2, -0.15) is 0 Å². The minimum absolute atomic E-state index is 0.0239. The molecule has 3 atom stereocenters. The molecule has 24 heavy (non-hydrogen) atoms. The average Bonchev–Trinajstić information content (AvgIpc) is 3.18. The summed E-state index contributed by atoms with van der Waals surface area (Å²) in [5.74, 6) is 2.11. The zero-order valence-electron chi connectivity index (χ0n) is 13.0. The predicted molar refractivity (Wildman–Crippen MR) is 85.3 cm³/mol. The van der Waals surface area contributed by atoms with E-state index in [4.69, 9.17) is 15.9 Å². The van der Waals surface area contributed by atoms with Crippen molar-refractivity contribution >= 4 is 11.9 Å². The Kier molecular flexibility index (Phi) is 3.20. The molecule has 1 fully saturated rings. The molecule has 3 aliphatic rings. The van der Waals surface area contributed by atoms with Crippen molar-refractivity contribution in [2.75, 3.05) is 0 Å². The third-order valence-electron chi connectivity index (χ3n) is 4.74. The smallest absolute Gasteiger partial charge is 0.336 e. The van der Waals surface area contributed by atoms with Gasteiger partial charge < -0.3 is 14.8 Å². The van der Waals surface area contributed by atoms with Gasteiger partial charge >= 0.3 is 5.97 Å². The van der Waals surface area contributed by atoms with Gasteiger partial charge in [-0.25, -0.2) is 4.79 Å². The van der Waals surface area contributed by atoms with Gasteiger partial charge in [-0.05, 0) is 30.5 Å². The van der Waals surface area contributed by atoms with Crippen molar-refractivity contribution < 1.29 is 19.1 Å². The molecule has 3 unspecified atom stereocenters. The van der Waals surface area contributed by atoms with Crippen molar-refractivity contribution in [3.05, 3.63) is 58.4 Å². The first-order chi connectivity index (χ1) is 11.6. The fourth-order valence-electron chi connectivity index (χ4n) is 3.53. The second-order valence-corrected chi connectivity index (χ2v) is 6.11. The van der Waals surface area contributed by atoms with Crippen LogP contribution in [0, 0.1) is 18.3 Å². The van der Waals surface area contributed by atoms with Crippen LogP contribution in [-0.2, 0) is 25.5 Å². The molecule has 1 aliphatic carbocycles. The molecule has 1 aromatic rings. The summed E-state index contributed by atoms with van der Waals surface area (Å²) in [6.07, 6.45) is 8.48. The summed E-state index contributed by atoms with van der Waals surface area (Å²) in [5.41, 5.74) is 4.08. The Bertz CT molecular complexity index is 859. The minimum atomic E-state index is -0.776. The first-order valence-electron chi connectivity index (χ1n) is 7.72. The Morgan fingerprint density at radius 3 is 2.96 bits per heavy atom. The van der Waals surface area contributed by atoms with E-state index in [1.807, 2.05) is 18.2 Å². The molecule has 5 nitrogen and oxygen atoms in total. The lowest BCUT2D eigenvalue weighted by Gasteiger charge is -2.11. The normalized spacial score (nSPS) is 28.8. The van der Waals surface area contributed by atoms with Crippen LogP contribution >= 0.6 is 0 Å². The van der Waals surface area contributed by atoms with Gasteiger partial charge in [0.25, 0.3) is 12.2 Å². The molecule has 2 aliphatic heterocycles. The number of hydrogen-bond donors (Lipinski definition) is 1. The number of rotatable bonds is 2. The Balaban J connectivity index is 1.59. The third kappa shape index (κ3) is 2.11. The number of benzene rings is 1. The molecule has 1 aromatic carbocycles. The van der Waals surface area contributed by atoms with Crippen LogP contribution in [0.1, 0.15) is 29.7 Å².